The fourth-order valence-corrected chi connectivity index (χ4v) is 3.23. The average Bonchev–Trinajstić information content (AvgIpc) is 2.75. The summed E-state index contributed by atoms with van der Waals surface area (Å²) in [6.45, 7) is 0. The summed E-state index contributed by atoms with van der Waals surface area (Å²) in [6, 6.07) is 25.0. The van der Waals surface area contributed by atoms with E-state index in [2.05, 4.69) is 0 Å². The maximum absolute atomic E-state index is 13.1. The van der Waals surface area contributed by atoms with E-state index >= 15 is 0 Å². The van der Waals surface area contributed by atoms with Crippen LogP contribution in [0.4, 0.5) is 0 Å². The molecule has 0 aliphatic rings. The van der Waals surface area contributed by atoms with Crippen LogP contribution in [0.2, 0.25) is 0 Å². The molecule has 0 fully saturated rings. The first-order valence-electron chi connectivity index (χ1n) is 8.85. The molecule has 0 heterocycles. The molecule has 3 rings (SSSR count). The lowest BCUT2D eigenvalue weighted by Gasteiger charge is -2.24. The van der Waals surface area contributed by atoms with Crippen molar-refractivity contribution in [1.82, 2.24) is 0 Å². The number of methoxy groups -OCH3 is 2. The lowest BCUT2D eigenvalue weighted by molar-refractivity contribution is -0.820. The SMILES string of the molecule is COc1ccc(C(c2ccc(OC)cc2)[NH+](C)C(=O)c2ccccc2)cc1. The van der Waals surface area contributed by atoms with Crippen molar-refractivity contribution in [2.24, 2.45) is 0 Å². The number of benzene rings is 3. The van der Waals surface area contributed by atoms with Gasteiger partial charge in [0.1, 0.15) is 17.5 Å². The first-order valence-corrected chi connectivity index (χ1v) is 8.85. The third-order valence-electron chi connectivity index (χ3n) is 4.73. The number of hydrogen-bond acceptors (Lipinski definition) is 3. The van der Waals surface area contributed by atoms with Crippen LogP contribution in [0.15, 0.2) is 78.9 Å². The van der Waals surface area contributed by atoms with Gasteiger partial charge in [0.15, 0.2) is 0 Å². The lowest BCUT2D eigenvalue weighted by atomic mass is 9.96. The van der Waals surface area contributed by atoms with Crippen molar-refractivity contribution in [1.29, 1.82) is 0 Å². The van der Waals surface area contributed by atoms with Crippen LogP contribution in [0.25, 0.3) is 0 Å². The molecule has 1 N–H and O–H groups in total. The van der Waals surface area contributed by atoms with Crippen LogP contribution in [0.3, 0.4) is 0 Å². The Morgan fingerprint density at radius 2 is 1.19 bits per heavy atom. The van der Waals surface area contributed by atoms with E-state index in [1.54, 1.807) is 14.2 Å². The van der Waals surface area contributed by atoms with Crippen molar-refractivity contribution < 1.29 is 19.2 Å². The van der Waals surface area contributed by atoms with Gasteiger partial charge in [-0.05, 0) is 60.7 Å². The zero-order chi connectivity index (χ0) is 19.2. The standard InChI is InChI=1S/C23H23NO3/c1-24(23(25)19-7-5-4-6-8-19)22(17-9-13-20(26-2)14-10-17)18-11-15-21(27-3)16-12-18/h4-16,22H,1-3H3/p+1. The van der Waals surface area contributed by atoms with Gasteiger partial charge in [0, 0.05) is 11.1 Å². The van der Waals surface area contributed by atoms with Gasteiger partial charge < -0.3 is 9.47 Å². The monoisotopic (exact) mass is 362 g/mol. The Hall–Kier alpha value is -3.11. The second-order valence-corrected chi connectivity index (χ2v) is 6.36. The highest BCUT2D eigenvalue weighted by Crippen LogP contribution is 2.24. The van der Waals surface area contributed by atoms with Crippen molar-refractivity contribution in [2.45, 2.75) is 6.04 Å². The van der Waals surface area contributed by atoms with E-state index in [-0.39, 0.29) is 11.9 Å². The van der Waals surface area contributed by atoms with Gasteiger partial charge in [-0.3, -0.25) is 4.90 Å². The van der Waals surface area contributed by atoms with Crippen molar-refractivity contribution in [2.75, 3.05) is 21.3 Å². The molecule has 0 aromatic heterocycles. The molecule has 0 saturated carbocycles. The molecule has 3 aromatic rings. The van der Waals surface area contributed by atoms with Gasteiger partial charge in [0.25, 0.3) is 0 Å². The highest BCUT2D eigenvalue weighted by atomic mass is 16.5. The Morgan fingerprint density at radius 1 is 0.741 bits per heavy atom. The van der Waals surface area contributed by atoms with E-state index in [1.165, 1.54) is 0 Å². The topological polar surface area (TPSA) is 40.0 Å². The molecule has 0 spiro atoms. The van der Waals surface area contributed by atoms with Crippen molar-refractivity contribution in [3.05, 3.63) is 95.6 Å². The lowest BCUT2D eigenvalue weighted by Crippen LogP contribution is -3.12. The molecule has 1 atom stereocenters. The third kappa shape index (κ3) is 4.18. The largest absolute Gasteiger partial charge is 0.497 e. The Labute approximate surface area is 160 Å². The summed E-state index contributed by atoms with van der Waals surface area (Å²) in [5.41, 5.74) is 2.78. The van der Waals surface area contributed by atoms with Gasteiger partial charge in [-0.1, -0.05) is 18.2 Å². The van der Waals surface area contributed by atoms with E-state index in [4.69, 9.17) is 9.47 Å². The predicted octanol–water partition coefficient (Wildman–Crippen LogP) is 3.15. The summed E-state index contributed by atoms with van der Waals surface area (Å²) in [7, 11) is 5.20. The molecular formula is C23H24NO3+. The van der Waals surface area contributed by atoms with Gasteiger partial charge in [-0.25, -0.2) is 4.79 Å². The molecule has 0 bridgehead atoms. The summed E-state index contributed by atoms with van der Waals surface area (Å²) in [4.78, 5) is 13.9. The second-order valence-electron chi connectivity index (χ2n) is 6.36. The minimum absolute atomic E-state index is 0.0484. The first-order chi connectivity index (χ1) is 13.1. The van der Waals surface area contributed by atoms with E-state index in [0.29, 0.717) is 5.56 Å². The third-order valence-corrected chi connectivity index (χ3v) is 4.73. The van der Waals surface area contributed by atoms with Gasteiger partial charge in [0.05, 0.1) is 26.8 Å². The van der Waals surface area contributed by atoms with Crippen LogP contribution in [-0.4, -0.2) is 27.2 Å². The zero-order valence-electron chi connectivity index (χ0n) is 15.8. The summed E-state index contributed by atoms with van der Waals surface area (Å²) in [6.07, 6.45) is 0. The Bertz CT molecular complexity index is 826. The number of carbonyl (C=O) groups is 1. The Balaban J connectivity index is 2.01. The molecule has 0 aliphatic heterocycles. The van der Waals surface area contributed by atoms with Crippen molar-refractivity contribution in [3.8, 4) is 11.5 Å². The van der Waals surface area contributed by atoms with Gasteiger partial charge >= 0.3 is 5.91 Å². The Kier molecular flexibility index (Phi) is 5.89. The van der Waals surface area contributed by atoms with Crippen LogP contribution in [0.1, 0.15) is 27.5 Å². The Morgan fingerprint density at radius 3 is 1.59 bits per heavy atom. The number of quaternary nitrogens is 1. The molecule has 0 radical (unpaired) electrons. The number of rotatable bonds is 6. The fraction of sp³-hybridized carbons (Fsp3) is 0.174. The number of ether oxygens (including phenoxy) is 2. The second kappa shape index (κ2) is 8.52. The molecule has 1 amide bonds. The molecule has 0 saturated heterocycles. The van der Waals surface area contributed by atoms with Crippen LogP contribution in [0.5, 0.6) is 11.5 Å². The maximum Gasteiger partial charge on any atom is 0.344 e. The van der Waals surface area contributed by atoms with Crippen LogP contribution < -0.4 is 14.4 Å². The summed E-state index contributed by atoms with van der Waals surface area (Å²) < 4.78 is 10.5. The van der Waals surface area contributed by atoms with E-state index in [9.17, 15) is 4.79 Å². The molecular weight excluding hydrogens is 338 g/mol. The maximum atomic E-state index is 13.1. The first kappa shape index (κ1) is 18.7. The normalized spacial score (nSPS) is 11.9. The molecule has 138 valence electrons. The number of amides is 1. The van der Waals surface area contributed by atoms with Gasteiger partial charge in [-0.2, -0.15) is 0 Å². The smallest absolute Gasteiger partial charge is 0.344 e. The van der Waals surface area contributed by atoms with Crippen molar-refractivity contribution in [3.63, 3.8) is 0 Å². The molecule has 27 heavy (non-hydrogen) atoms. The van der Waals surface area contributed by atoms with Gasteiger partial charge in [-0.15, -0.1) is 0 Å². The van der Waals surface area contributed by atoms with Gasteiger partial charge in [0.2, 0.25) is 0 Å². The minimum Gasteiger partial charge on any atom is -0.497 e. The van der Waals surface area contributed by atoms with E-state index in [0.717, 1.165) is 27.5 Å². The fourth-order valence-electron chi connectivity index (χ4n) is 3.23. The number of hydrogen-bond donors (Lipinski definition) is 1. The van der Waals surface area contributed by atoms with Crippen LogP contribution >= 0.6 is 0 Å². The highest BCUT2D eigenvalue weighted by Gasteiger charge is 2.29. The number of carbonyl (C=O) groups excluding carboxylic acids is 1. The summed E-state index contributed by atoms with van der Waals surface area (Å²) in [5, 5.41) is 0. The summed E-state index contributed by atoms with van der Waals surface area (Å²) in [5.74, 6) is 1.63. The van der Waals surface area contributed by atoms with Crippen molar-refractivity contribution >= 4 is 5.91 Å². The van der Waals surface area contributed by atoms with Crippen LogP contribution in [0, 0.1) is 0 Å². The number of nitrogens with one attached hydrogen (secondary N) is 1. The predicted molar refractivity (Wildman–Crippen MR) is 105 cm³/mol. The molecule has 1 unspecified atom stereocenters. The quantitative estimate of drug-likeness (QED) is 0.732. The average molecular weight is 362 g/mol. The zero-order valence-corrected chi connectivity index (χ0v) is 15.8. The molecule has 4 heteroatoms. The molecule has 0 aliphatic carbocycles. The summed E-state index contributed by atoms with van der Waals surface area (Å²) >= 11 is 0. The minimum atomic E-state index is -0.144. The molecule has 4 nitrogen and oxygen atoms in total. The van der Waals surface area contributed by atoms with Crippen LogP contribution in [-0.2, 0) is 0 Å². The van der Waals surface area contributed by atoms with E-state index < -0.39 is 0 Å². The van der Waals surface area contributed by atoms with E-state index in [1.807, 2.05) is 85.9 Å². The molecule has 3 aromatic carbocycles. The highest BCUT2D eigenvalue weighted by molar-refractivity contribution is 5.87.